The van der Waals surface area contributed by atoms with Gasteiger partial charge >= 0.3 is 0 Å². The highest BCUT2D eigenvalue weighted by molar-refractivity contribution is 5.94. The summed E-state index contributed by atoms with van der Waals surface area (Å²) in [6, 6.07) is 8.69. The Morgan fingerprint density at radius 1 is 1.04 bits per heavy atom. The molecule has 1 saturated heterocycles. The van der Waals surface area contributed by atoms with E-state index in [1.54, 1.807) is 0 Å². The second kappa shape index (κ2) is 8.12. The molecule has 148 valence electrons. The van der Waals surface area contributed by atoms with E-state index in [2.05, 4.69) is 10.2 Å². The van der Waals surface area contributed by atoms with Crippen molar-refractivity contribution in [3.8, 4) is 11.5 Å². The van der Waals surface area contributed by atoms with Crippen LogP contribution in [0.1, 0.15) is 22.0 Å². The van der Waals surface area contributed by atoms with Gasteiger partial charge in [-0.1, -0.05) is 6.07 Å². The normalized spacial score (nSPS) is 17.4. The van der Waals surface area contributed by atoms with E-state index >= 15 is 0 Å². The second-order valence-electron chi connectivity index (χ2n) is 6.62. The van der Waals surface area contributed by atoms with Crippen molar-refractivity contribution in [1.82, 2.24) is 10.2 Å². The lowest BCUT2D eigenvalue weighted by molar-refractivity contribution is 0.0162. The Morgan fingerprint density at radius 3 is 2.61 bits per heavy atom. The van der Waals surface area contributed by atoms with Crippen molar-refractivity contribution < 1.29 is 27.8 Å². The topological polar surface area (TPSA) is 60.0 Å². The summed E-state index contributed by atoms with van der Waals surface area (Å²) >= 11 is 0. The zero-order valence-electron chi connectivity index (χ0n) is 15.1. The van der Waals surface area contributed by atoms with Gasteiger partial charge in [0.2, 0.25) is 6.79 Å². The van der Waals surface area contributed by atoms with Crippen molar-refractivity contribution >= 4 is 5.91 Å². The maximum Gasteiger partial charge on any atom is 0.251 e. The minimum absolute atomic E-state index is 0.0744. The summed E-state index contributed by atoms with van der Waals surface area (Å²) in [5, 5.41) is 2.83. The van der Waals surface area contributed by atoms with Crippen LogP contribution in [0, 0.1) is 11.6 Å². The number of halogens is 2. The third kappa shape index (κ3) is 3.93. The molecule has 2 aliphatic rings. The average Bonchev–Trinajstić information content (AvgIpc) is 3.19. The molecule has 2 aromatic rings. The quantitative estimate of drug-likeness (QED) is 0.850. The van der Waals surface area contributed by atoms with Crippen LogP contribution < -0.4 is 14.8 Å². The maximum absolute atomic E-state index is 13.4. The molecule has 0 radical (unpaired) electrons. The number of benzene rings is 2. The molecule has 8 heteroatoms. The predicted octanol–water partition coefficient (Wildman–Crippen LogP) is 2.50. The molecule has 6 nitrogen and oxygen atoms in total. The highest BCUT2D eigenvalue weighted by atomic mass is 19.2. The molecule has 1 amide bonds. The van der Waals surface area contributed by atoms with E-state index in [4.69, 9.17) is 14.2 Å². The van der Waals surface area contributed by atoms with Gasteiger partial charge in [0.1, 0.15) is 0 Å². The van der Waals surface area contributed by atoms with Gasteiger partial charge in [0.25, 0.3) is 5.91 Å². The molecule has 0 aromatic heterocycles. The van der Waals surface area contributed by atoms with E-state index in [9.17, 15) is 13.6 Å². The first-order chi connectivity index (χ1) is 13.6. The first kappa shape index (κ1) is 18.6. The van der Waals surface area contributed by atoms with E-state index in [0.29, 0.717) is 31.3 Å². The molecule has 28 heavy (non-hydrogen) atoms. The van der Waals surface area contributed by atoms with E-state index in [-0.39, 0.29) is 18.4 Å². The van der Waals surface area contributed by atoms with Gasteiger partial charge in [-0.15, -0.1) is 0 Å². The molecule has 0 spiro atoms. The van der Waals surface area contributed by atoms with Crippen LogP contribution in [0.5, 0.6) is 11.5 Å². The Kier molecular flexibility index (Phi) is 5.40. The van der Waals surface area contributed by atoms with Crippen LogP contribution in [-0.2, 0) is 4.74 Å². The molecule has 0 saturated carbocycles. The Hall–Kier alpha value is -2.71. The zero-order valence-corrected chi connectivity index (χ0v) is 15.1. The Balaban J connectivity index is 1.52. The van der Waals surface area contributed by atoms with Gasteiger partial charge < -0.3 is 19.5 Å². The second-order valence-corrected chi connectivity index (χ2v) is 6.62. The Labute approximate surface area is 161 Å². The minimum Gasteiger partial charge on any atom is -0.454 e. The molecule has 1 N–H and O–H groups in total. The molecule has 1 unspecified atom stereocenters. The fourth-order valence-corrected chi connectivity index (χ4v) is 3.40. The SMILES string of the molecule is O=C(NCC(c1ccc2c(c1)OCO2)N1CCOCC1)c1ccc(F)c(F)c1. The number of fused-ring (bicyclic) bond motifs is 1. The molecule has 0 bridgehead atoms. The van der Waals surface area contributed by atoms with Gasteiger partial charge in [-0.3, -0.25) is 9.69 Å². The van der Waals surface area contributed by atoms with Gasteiger partial charge in [-0.05, 0) is 35.9 Å². The number of carbonyl (C=O) groups excluding carboxylic acids is 1. The minimum atomic E-state index is -1.05. The van der Waals surface area contributed by atoms with Crippen molar-refractivity contribution in [2.24, 2.45) is 0 Å². The number of morpholine rings is 1. The number of rotatable bonds is 5. The number of hydrogen-bond donors (Lipinski definition) is 1. The predicted molar refractivity (Wildman–Crippen MR) is 96.4 cm³/mol. The molecule has 2 aromatic carbocycles. The molecule has 1 atom stereocenters. The lowest BCUT2D eigenvalue weighted by Crippen LogP contribution is -2.43. The number of nitrogens with one attached hydrogen (secondary N) is 1. The lowest BCUT2D eigenvalue weighted by Gasteiger charge is -2.35. The molecule has 2 heterocycles. The third-order valence-corrected chi connectivity index (χ3v) is 4.91. The first-order valence-electron chi connectivity index (χ1n) is 9.06. The van der Waals surface area contributed by atoms with Gasteiger partial charge in [-0.2, -0.15) is 0 Å². The highest BCUT2D eigenvalue weighted by Gasteiger charge is 2.25. The fraction of sp³-hybridized carbons (Fsp3) is 0.350. The molecule has 2 aliphatic heterocycles. The highest BCUT2D eigenvalue weighted by Crippen LogP contribution is 2.35. The van der Waals surface area contributed by atoms with Crippen LogP contribution in [0.25, 0.3) is 0 Å². The van der Waals surface area contributed by atoms with Crippen molar-refractivity contribution in [2.45, 2.75) is 6.04 Å². The summed E-state index contributed by atoms with van der Waals surface area (Å²) in [5.74, 6) is -1.13. The van der Waals surface area contributed by atoms with Crippen molar-refractivity contribution in [3.05, 3.63) is 59.2 Å². The van der Waals surface area contributed by atoms with Crippen LogP contribution in [0.4, 0.5) is 8.78 Å². The van der Waals surface area contributed by atoms with Crippen molar-refractivity contribution in [1.29, 1.82) is 0 Å². The number of amides is 1. The molecule has 0 aliphatic carbocycles. The van der Waals surface area contributed by atoms with Gasteiger partial charge in [0.05, 0.1) is 19.3 Å². The lowest BCUT2D eigenvalue weighted by atomic mass is 10.0. The summed E-state index contributed by atoms with van der Waals surface area (Å²) in [7, 11) is 0. The van der Waals surface area contributed by atoms with Gasteiger partial charge in [0.15, 0.2) is 23.1 Å². The summed E-state index contributed by atoms with van der Waals surface area (Å²) in [6.07, 6.45) is 0. The van der Waals surface area contributed by atoms with Crippen LogP contribution >= 0.6 is 0 Å². The average molecular weight is 390 g/mol. The smallest absolute Gasteiger partial charge is 0.251 e. The van der Waals surface area contributed by atoms with Gasteiger partial charge in [-0.25, -0.2) is 8.78 Å². The summed E-state index contributed by atoms with van der Waals surface area (Å²) in [6.45, 7) is 3.15. The Bertz CT molecular complexity index is 871. The van der Waals surface area contributed by atoms with Crippen LogP contribution in [0.2, 0.25) is 0 Å². The number of hydrogen-bond acceptors (Lipinski definition) is 5. The molecular weight excluding hydrogens is 370 g/mol. The number of nitrogens with zero attached hydrogens (tertiary/aromatic N) is 1. The van der Waals surface area contributed by atoms with E-state index in [1.165, 1.54) is 6.07 Å². The number of carbonyl (C=O) groups is 1. The third-order valence-electron chi connectivity index (χ3n) is 4.91. The van der Waals surface area contributed by atoms with Crippen molar-refractivity contribution in [3.63, 3.8) is 0 Å². The summed E-state index contributed by atoms with van der Waals surface area (Å²) < 4.78 is 42.8. The monoisotopic (exact) mass is 390 g/mol. The van der Waals surface area contributed by atoms with E-state index < -0.39 is 17.5 Å². The van der Waals surface area contributed by atoms with E-state index in [1.807, 2.05) is 18.2 Å². The standard InChI is InChI=1S/C20H20F2N2O4/c21-15-3-1-14(9-16(15)22)20(25)23-11-17(24-5-7-26-8-6-24)13-2-4-18-19(10-13)28-12-27-18/h1-4,9-10,17H,5-8,11-12H2,(H,23,25). The van der Waals surface area contributed by atoms with Crippen LogP contribution in [0.15, 0.2) is 36.4 Å². The van der Waals surface area contributed by atoms with Gasteiger partial charge in [0, 0.05) is 25.2 Å². The first-order valence-corrected chi connectivity index (χ1v) is 9.06. The zero-order chi connectivity index (χ0) is 19.5. The van der Waals surface area contributed by atoms with E-state index in [0.717, 1.165) is 30.8 Å². The fourth-order valence-electron chi connectivity index (χ4n) is 3.40. The maximum atomic E-state index is 13.4. The largest absolute Gasteiger partial charge is 0.454 e. The summed E-state index contributed by atoms with van der Waals surface area (Å²) in [4.78, 5) is 14.6. The van der Waals surface area contributed by atoms with Crippen LogP contribution in [0.3, 0.4) is 0 Å². The molecule has 4 rings (SSSR count). The molecular formula is C20H20F2N2O4. The van der Waals surface area contributed by atoms with Crippen molar-refractivity contribution in [2.75, 3.05) is 39.6 Å². The Morgan fingerprint density at radius 2 is 1.82 bits per heavy atom. The molecule has 1 fully saturated rings. The van der Waals surface area contributed by atoms with Crippen LogP contribution in [-0.4, -0.2) is 50.4 Å². The summed E-state index contributed by atoms with van der Waals surface area (Å²) in [5.41, 5.74) is 1.04. The number of ether oxygens (including phenoxy) is 3.